The predicted molar refractivity (Wildman–Crippen MR) is 71.2 cm³/mol. The molecule has 0 N–H and O–H groups in total. The van der Waals surface area contributed by atoms with Crippen LogP contribution in [0.1, 0.15) is 25.7 Å². The number of non-ortho nitro benzene ring substituents is 1. The van der Waals surface area contributed by atoms with Gasteiger partial charge in [-0.25, -0.2) is 0 Å². The third-order valence-electron chi connectivity index (χ3n) is 4.10. The molecule has 0 atom stereocenters. The molecule has 4 nitrogen and oxygen atoms in total. The van der Waals surface area contributed by atoms with Crippen LogP contribution in [0.3, 0.4) is 0 Å². The molecule has 1 saturated heterocycles. The molecule has 1 aliphatic heterocycles. The van der Waals surface area contributed by atoms with E-state index in [2.05, 4.69) is 4.90 Å². The van der Waals surface area contributed by atoms with Gasteiger partial charge in [-0.15, -0.1) is 0 Å². The van der Waals surface area contributed by atoms with Crippen LogP contribution in [0.25, 0.3) is 0 Å². The molecule has 1 heterocycles. The lowest BCUT2D eigenvalue weighted by Gasteiger charge is -2.35. The van der Waals surface area contributed by atoms with E-state index in [9.17, 15) is 10.1 Å². The number of nitrogens with zero attached hydrogens (tertiary/aromatic N) is 2. The Hall–Kier alpha value is -1.29. The standard InChI is InChI=1S/C13H15ClN2O2/c14-11-8-10(16(17)18)2-3-12(11)15-7-1-4-13(9-15)5-6-13/h2-3,8H,1,4-7,9H2. The van der Waals surface area contributed by atoms with E-state index in [1.165, 1.54) is 37.8 Å². The summed E-state index contributed by atoms with van der Waals surface area (Å²) in [5.41, 5.74) is 1.51. The number of nitro benzene ring substituents is 1. The van der Waals surface area contributed by atoms with E-state index in [1.54, 1.807) is 6.07 Å². The van der Waals surface area contributed by atoms with Gasteiger partial charge in [0.1, 0.15) is 0 Å². The van der Waals surface area contributed by atoms with Gasteiger partial charge in [0.2, 0.25) is 0 Å². The summed E-state index contributed by atoms with van der Waals surface area (Å²) in [4.78, 5) is 12.6. The van der Waals surface area contributed by atoms with E-state index >= 15 is 0 Å². The average molecular weight is 267 g/mol. The van der Waals surface area contributed by atoms with E-state index in [1.807, 2.05) is 0 Å². The lowest BCUT2D eigenvalue weighted by molar-refractivity contribution is -0.384. The Bertz CT molecular complexity index is 500. The molecular weight excluding hydrogens is 252 g/mol. The molecule has 0 aromatic heterocycles. The first-order valence-corrected chi connectivity index (χ1v) is 6.66. The Balaban J connectivity index is 1.85. The molecule has 1 aromatic rings. The number of piperidine rings is 1. The van der Waals surface area contributed by atoms with Gasteiger partial charge < -0.3 is 4.90 Å². The monoisotopic (exact) mass is 266 g/mol. The molecule has 0 radical (unpaired) electrons. The van der Waals surface area contributed by atoms with Crippen molar-refractivity contribution in [3.63, 3.8) is 0 Å². The number of benzene rings is 1. The van der Waals surface area contributed by atoms with Crippen molar-refractivity contribution in [2.75, 3.05) is 18.0 Å². The minimum absolute atomic E-state index is 0.0573. The van der Waals surface area contributed by atoms with Gasteiger partial charge in [-0.05, 0) is 37.2 Å². The highest BCUT2D eigenvalue weighted by Gasteiger charge is 2.45. The van der Waals surface area contributed by atoms with Crippen molar-refractivity contribution in [1.82, 2.24) is 0 Å². The number of hydrogen-bond acceptors (Lipinski definition) is 3. The van der Waals surface area contributed by atoms with Gasteiger partial charge in [-0.3, -0.25) is 10.1 Å². The summed E-state index contributed by atoms with van der Waals surface area (Å²) in [7, 11) is 0. The number of anilines is 1. The zero-order chi connectivity index (χ0) is 12.8. The molecule has 5 heteroatoms. The normalized spacial score (nSPS) is 21.1. The largest absolute Gasteiger partial charge is 0.370 e. The summed E-state index contributed by atoms with van der Waals surface area (Å²) in [5, 5.41) is 11.2. The fraction of sp³-hybridized carbons (Fsp3) is 0.538. The zero-order valence-corrected chi connectivity index (χ0v) is 10.8. The fourth-order valence-electron chi connectivity index (χ4n) is 2.86. The molecule has 0 bridgehead atoms. The van der Waals surface area contributed by atoms with Crippen LogP contribution in [0.4, 0.5) is 11.4 Å². The van der Waals surface area contributed by atoms with Gasteiger partial charge in [-0.2, -0.15) is 0 Å². The highest BCUT2D eigenvalue weighted by atomic mass is 35.5. The Labute approximate surface area is 111 Å². The fourth-order valence-corrected chi connectivity index (χ4v) is 3.16. The van der Waals surface area contributed by atoms with E-state index in [-0.39, 0.29) is 5.69 Å². The minimum Gasteiger partial charge on any atom is -0.370 e. The average Bonchev–Trinajstić information content (AvgIpc) is 3.08. The van der Waals surface area contributed by atoms with Crippen LogP contribution in [-0.4, -0.2) is 18.0 Å². The van der Waals surface area contributed by atoms with Gasteiger partial charge in [-0.1, -0.05) is 11.6 Å². The molecular formula is C13H15ClN2O2. The third-order valence-corrected chi connectivity index (χ3v) is 4.40. The second kappa shape index (κ2) is 4.12. The van der Waals surface area contributed by atoms with Crippen LogP contribution in [0, 0.1) is 15.5 Å². The molecule has 2 aliphatic rings. The van der Waals surface area contributed by atoms with Crippen LogP contribution in [0.5, 0.6) is 0 Å². The number of nitro groups is 1. The number of hydrogen-bond donors (Lipinski definition) is 0. The van der Waals surface area contributed by atoms with Crippen LogP contribution in [0.15, 0.2) is 18.2 Å². The smallest absolute Gasteiger partial charge is 0.271 e. The van der Waals surface area contributed by atoms with Crippen LogP contribution >= 0.6 is 11.6 Å². The SMILES string of the molecule is O=[N+]([O-])c1ccc(N2CCCC3(CC3)C2)c(Cl)c1. The second-order valence-electron chi connectivity index (χ2n) is 5.42. The van der Waals surface area contributed by atoms with Gasteiger partial charge in [0.05, 0.1) is 15.6 Å². The second-order valence-corrected chi connectivity index (χ2v) is 5.83. The molecule has 0 amide bonds. The van der Waals surface area contributed by atoms with E-state index in [4.69, 9.17) is 11.6 Å². The summed E-state index contributed by atoms with van der Waals surface area (Å²) in [6.07, 6.45) is 5.13. The summed E-state index contributed by atoms with van der Waals surface area (Å²) in [6, 6.07) is 4.77. The van der Waals surface area contributed by atoms with E-state index < -0.39 is 4.92 Å². The number of halogens is 1. The van der Waals surface area contributed by atoms with Crippen molar-refractivity contribution in [3.05, 3.63) is 33.3 Å². The molecule has 1 saturated carbocycles. The van der Waals surface area contributed by atoms with E-state index in [0.717, 1.165) is 18.8 Å². The van der Waals surface area contributed by atoms with Crippen molar-refractivity contribution in [3.8, 4) is 0 Å². The maximum atomic E-state index is 10.7. The molecule has 3 rings (SSSR count). The summed E-state index contributed by atoms with van der Waals surface area (Å²) in [6.45, 7) is 2.05. The van der Waals surface area contributed by atoms with Gasteiger partial charge in [0.15, 0.2) is 0 Å². The maximum absolute atomic E-state index is 10.7. The highest BCUT2D eigenvalue weighted by Crippen LogP contribution is 2.53. The van der Waals surface area contributed by atoms with Crippen molar-refractivity contribution >= 4 is 23.0 Å². The first-order chi connectivity index (χ1) is 8.60. The first kappa shape index (κ1) is 11.8. The zero-order valence-electron chi connectivity index (χ0n) is 10.1. The Morgan fingerprint density at radius 1 is 1.33 bits per heavy atom. The lowest BCUT2D eigenvalue weighted by atomic mass is 9.94. The molecule has 96 valence electrons. The number of rotatable bonds is 2. The summed E-state index contributed by atoms with van der Waals surface area (Å²) in [5.74, 6) is 0. The molecule has 1 aliphatic carbocycles. The first-order valence-electron chi connectivity index (χ1n) is 6.29. The van der Waals surface area contributed by atoms with Gasteiger partial charge in [0, 0.05) is 25.2 Å². The minimum atomic E-state index is -0.408. The summed E-state index contributed by atoms with van der Waals surface area (Å²) < 4.78 is 0. The van der Waals surface area contributed by atoms with Crippen molar-refractivity contribution < 1.29 is 4.92 Å². The molecule has 2 fully saturated rings. The Morgan fingerprint density at radius 2 is 2.11 bits per heavy atom. The molecule has 1 aromatic carbocycles. The van der Waals surface area contributed by atoms with Gasteiger partial charge >= 0.3 is 0 Å². The maximum Gasteiger partial charge on any atom is 0.271 e. The summed E-state index contributed by atoms with van der Waals surface area (Å²) >= 11 is 6.17. The Kier molecular flexibility index (Phi) is 2.70. The molecule has 0 unspecified atom stereocenters. The topological polar surface area (TPSA) is 46.4 Å². The highest BCUT2D eigenvalue weighted by molar-refractivity contribution is 6.33. The predicted octanol–water partition coefficient (Wildman–Crippen LogP) is 3.63. The van der Waals surface area contributed by atoms with Crippen LogP contribution in [-0.2, 0) is 0 Å². The van der Waals surface area contributed by atoms with Crippen LogP contribution in [0.2, 0.25) is 5.02 Å². The van der Waals surface area contributed by atoms with Gasteiger partial charge in [0.25, 0.3) is 5.69 Å². The Morgan fingerprint density at radius 3 is 2.72 bits per heavy atom. The third kappa shape index (κ3) is 2.05. The van der Waals surface area contributed by atoms with Crippen molar-refractivity contribution in [2.24, 2.45) is 5.41 Å². The van der Waals surface area contributed by atoms with Crippen LogP contribution < -0.4 is 4.90 Å². The molecule has 1 spiro atoms. The van der Waals surface area contributed by atoms with Crippen molar-refractivity contribution in [2.45, 2.75) is 25.7 Å². The lowest BCUT2D eigenvalue weighted by Crippen LogP contribution is -2.36. The molecule has 18 heavy (non-hydrogen) atoms. The quantitative estimate of drug-likeness (QED) is 0.607. The van der Waals surface area contributed by atoms with E-state index in [0.29, 0.717) is 10.4 Å². The van der Waals surface area contributed by atoms with Crippen molar-refractivity contribution in [1.29, 1.82) is 0 Å².